The maximum Gasteiger partial charge on any atom is 0.255 e. The van der Waals surface area contributed by atoms with Gasteiger partial charge in [-0.2, -0.15) is 0 Å². The molecule has 0 aliphatic heterocycles. The van der Waals surface area contributed by atoms with E-state index in [0.717, 1.165) is 23.5 Å². The number of aromatic nitrogens is 3. The third kappa shape index (κ3) is 3.55. The summed E-state index contributed by atoms with van der Waals surface area (Å²) in [6.07, 6.45) is 1.69. The Labute approximate surface area is 143 Å². The van der Waals surface area contributed by atoms with Gasteiger partial charge in [-0.15, -0.1) is 5.10 Å². The smallest absolute Gasteiger partial charge is 0.255 e. The van der Waals surface area contributed by atoms with Gasteiger partial charge in [-0.05, 0) is 42.3 Å². The topological polar surface area (TPSA) is 59.8 Å². The molecule has 0 radical (unpaired) electrons. The van der Waals surface area contributed by atoms with E-state index in [1.807, 2.05) is 19.9 Å². The van der Waals surface area contributed by atoms with E-state index in [1.54, 1.807) is 29.1 Å². The van der Waals surface area contributed by atoms with Gasteiger partial charge in [-0.3, -0.25) is 4.79 Å². The molecule has 1 amide bonds. The van der Waals surface area contributed by atoms with Crippen LogP contribution in [0.5, 0.6) is 0 Å². The SMILES string of the molecule is CC(C)c1cnnn1-c1cccc(NC(=O)c2ccc(F)c(F)c2)c1. The molecule has 0 bridgehead atoms. The second kappa shape index (κ2) is 6.80. The van der Waals surface area contributed by atoms with Crippen molar-refractivity contribution in [1.82, 2.24) is 15.0 Å². The van der Waals surface area contributed by atoms with Crippen LogP contribution in [0, 0.1) is 11.6 Å². The summed E-state index contributed by atoms with van der Waals surface area (Å²) in [6.45, 7) is 4.06. The molecule has 0 aliphatic rings. The van der Waals surface area contributed by atoms with Gasteiger partial charge < -0.3 is 5.32 Å². The van der Waals surface area contributed by atoms with E-state index in [0.29, 0.717) is 5.69 Å². The highest BCUT2D eigenvalue weighted by Crippen LogP contribution is 2.20. The zero-order valence-corrected chi connectivity index (χ0v) is 13.7. The van der Waals surface area contributed by atoms with Crippen LogP contribution < -0.4 is 5.32 Å². The van der Waals surface area contributed by atoms with Gasteiger partial charge in [0.2, 0.25) is 0 Å². The van der Waals surface area contributed by atoms with E-state index in [9.17, 15) is 13.6 Å². The summed E-state index contributed by atoms with van der Waals surface area (Å²) < 4.78 is 27.9. The molecule has 7 heteroatoms. The van der Waals surface area contributed by atoms with Crippen LogP contribution >= 0.6 is 0 Å². The second-order valence-corrected chi connectivity index (χ2v) is 5.86. The number of carbonyl (C=O) groups is 1. The quantitative estimate of drug-likeness (QED) is 0.782. The molecule has 25 heavy (non-hydrogen) atoms. The molecule has 0 saturated carbocycles. The molecule has 0 spiro atoms. The normalized spacial score (nSPS) is 10.9. The maximum atomic E-state index is 13.3. The van der Waals surface area contributed by atoms with Gasteiger partial charge in [0.25, 0.3) is 5.91 Å². The Kier molecular flexibility index (Phi) is 4.56. The lowest BCUT2D eigenvalue weighted by atomic mass is 10.1. The van der Waals surface area contributed by atoms with Gasteiger partial charge in [0.1, 0.15) is 0 Å². The summed E-state index contributed by atoms with van der Waals surface area (Å²) in [5.41, 5.74) is 2.22. The highest BCUT2D eigenvalue weighted by molar-refractivity contribution is 6.04. The third-order valence-corrected chi connectivity index (χ3v) is 3.70. The highest BCUT2D eigenvalue weighted by atomic mass is 19.2. The highest BCUT2D eigenvalue weighted by Gasteiger charge is 2.12. The van der Waals surface area contributed by atoms with E-state index in [-0.39, 0.29) is 11.5 Å². The molecule has 128 valence electrons. The first-order chi connectivity index (χ1) is 12.0. The minimum atomic E-state index is -1.06. The molecule has 3 aromatic rings. The number of halogens is 2. The number of carbonyl (C=O) groups excluding carboxylic acids is 1. The van der Waals surface area contributed by atoms with Crippen molar-refractivity contribution in [3.8, 4) is 5.69 Å². The molecule has 1 aromatic heterocycles. The van der Waals surface area contributed by atoms with Crippen LogP contribution in [0.4, 0.5) is 14.5 Å². The van der Waals surface area contributed by atoms with Crippen molar-refractivity contribution in [3.63, 3.8) is 0 Å². The van der Waals surface area contributed by atoms with Gasteiger partial charge >= 0.3 is 0 Å². The van der Waals surface area contributed by atoms with Crippen molar-refractivity contribution in [2.75, 3.05) is 5.32 Å². The fraction of sp³-hybridized carbons (Fsp3) is 0.167. The van der Waals surface area contributed by atoms with Crippen LogP contribution in [0.1, 0.15) is 35.8 Å². The van der Waals surface area contributed by atoms with Crippen molar-refractivity contribution in [2.45, 2.75) is 19.8 Å². The summed E-state index contributed by atoms with van der Waals surface area (Å²) in [5.74, 6) is -2.36. The summed E-state index contributed by atoms with van der Waals surface area (Å²) in [6, 6.07) is 10.1. The molecule has 1 N–H and O–H groups in total. The first-order valence-electron chi connectivity index (χ1n) is 7.73. The summed E-state index contributed by atoms with van der Waals surface area (Å²) in [7, 11) is 0. The van der Waals surface area contributed by atoms with Gasteiger partial charge in [0, 0.05) is 11.3 Å². The predicted octanol–water partition coefficient (Wildman–Crippen LogP) is 3.92. The number of benzene rings is 2. The number of nitrogens with one attached hydrogen (secondary N) is 1. The minimum Gasteiger partial charge on any atom is -0.322 e. The number of nitrogens with zero attached hydrogens (tertiary/aromatic N) is 3. The average Bonchev–Trinajstić information content (AvgIpc) is 3.07. The zero-order chi connectivity index (χ0) is 18.0. The fourth-order valence-corrected chi connectivity index (χ4v) is 2.39. The standard InChI is InChI=1S/C18H16F2N4O/c1-11(2)17-10-21-23-24(17)14-5-3-4-13(9-14)22-18(25)12-6-7-15(19)16(20)8-12/h3-11H,1-2H3,(H,22,25). The van der Waals surface area contributed by atoms with Gasteiger partial charge in [0.05, 0.1) is 17.6 Å². The zero-order valence-electron chi connectivity index (χ0n) is 13.7. The van der Waals surface area contributed by atoms with Crippen molar-refractivity contribution < 1.29 is 13.6 Å². The van der Waals surface area contributed by atoms with Crippen molar-refractivity contribution in [3.05, 3.63) is 71.6 Å². The lowest BCUT2D eigenvalue weighted by Gasteiger charge is -2.11. The molecular formula is C18H16F2N4O. The maximum absolute atomic E-state index is 13.3. The number of anilines is 1. The van der Waals surface area contributed by atoms with E-state index >= 15 is 0 Å². The molecule has 5 nitrogen and oxygen atoms in total. The van der Waals surface area contributed by atoms with E-state index in [2.05, 4.69) is 15.6 Å². The Morgan fingerprint density at radius 1 is 1.12 bits per heavy atom. The fourth-order valence-electron chi connectivity index (χ4n) is 2.39. The third-order valence-electron chi connectivity index (χ3n) is 3.70. The Morgan fingerprint density at radius 2 is 1.92 bits per heavy atom. The van der Waals surface area contributed by atoms with Crippen LogP contribution in [0.2, 0.25) is 0 Å². The summed E-state index contributed by atoms with van der Waals surface area (Å²) >= 11 is 0. The molecule has 3 rings (SSSR count). The van der Waals surface area contributed by atoms with E-state index in [1.165, 1.54) is 6.07 Å². The molecule has 0 fully saturated rings. The van der Waals surface area contributed by atoms with Crippen molar-refractivity contribution >= 4 is 11.6 Å². The Balaban J connectivity index is 1.85. The molecule has 2 aromatic carbocycles. The largest absolute Gasteiger partial charge is 0.322 e. The number of rotatable bonds is 4. The molecule has 0 unspecified atom stereocenters. The van der Waals surface area contributed by atoms with Gasteiger partial charge in [-0.25, -0.2) is 13.5 Å². The molecule has 1 heterocycles. The Morgan fingerprint density at radius 3 is 2.64 bits per heavy atom. The number of amides is 1. The minimum absolute atomic E-state index is 0.0351. The van der Waals surface area contributed by atoms with Crippen LogP contribution in [0.15, 0.2) is 48.7 Å². The monoisotopic (exact) mass is 342 g/mol. The summed E-state index contributed by atoms with van der Waals surface area (Å²) in [4.78, 5) is 12.2. The van der Waals surface area contributed by atoms with Crippen molar-refractivity contribution in [2.24, 2.45) is 0 Å². The number of hydrogen-bond acceptors (Lipinski definition) is 3. The molecule has 0 aliphatic carbocycles. The molecule has 0 atom stereocenters. The molecular weight excluding hydrogens is 326 g/mol. The van der Waals surface area contributed by atoms with Gasteiger partial charge in [-0.1, -0.05) is 25.1 Å². The summed E-state index contributed by atoms with van der Waals surface area (Å²) in [5, 5.41) is 10.7. The lowest BCUT2D eigenvalue weighted by molar-refractivity contribution is 0.102. The second-order valence-electron chi connectivity index (χ2n) is 5.86. The van der Waals surface area contributed by atoms with Gasteiger partial charge in [0.15, 0.2) is 11.6 Å². The molecule has 0 saturated heterocycles. The number of hydrogen-bond donors (Lipinski definition) is 1. The first kappa shape index (κ1) is 16.8. The van der Waals surface area contributed by atoms with Crippen LogP contribution in [-0.2, 0) is 0 Å². The Hall–Kier alpha value is -3.09. The van der Waals surface area contributed by atoms with Crippen LogP contribution in [0.25, 0.3) is 5.69 Å². The van der Waals surface area contributed by atoms with Crippen LogP contribution in [-0.4, -0.2) is 20.9 Å². The van der Waals surface area contributed by atoms with Crippen LogP contribution in [0.3, 0.4) is 0 Å². The lowest BCUT2D eigenvalue weighted by Crippen LogP contribution is -2.13. The van der Waals surface area contributed by atoms with E-state index < -0.39 is 17.5 Å². The average molecular weight is 342 g/mol. The van der Waals surface area contributed by atoms with E-state index in [4.69, 9.17) is 0 Å². The Bertz CT molecular complexity index is 921. The predicted molar refractivity (Wildman–Crippen MR) is 89.8 cm³/mol. The van der Waals surface area contributed by atoms with Crippen molar-refractivity contribution in [1.29, 1.82) is 0 Å². The first-order valence-corrected chi connectivity index (χ1v) is 7.73.